The van der Waals surface area contributed by atoms with Gasteiger partial charge in [-0.05, 0) is 24.4 Å². The minimum atomic E-state index is -4.60. The minimum absolute atomic E-state index is 0.156. The first kappa shape index (κ1) is 15.6. The predicted octanol–water partition coefficient (Wildman–Crippen LogP) is 4.03. The number of thiophene rings is 1. The highest BCUT2D eigenvalue weighted by molar-refractivity contribution is 7.80. The van der Waals surface area contributed by atoms with Crippen LogP contribution < -0.4 is 11.1 Å². The van der Waals surface area contributed by atoms with E-state index in [1.807, 2.05) is 24.3 Å². The van der Waals surface area contributed by atoms with Crippen LogP contribution in [-0.4, -0.2) is 15.1 Å². The monoisotopic (exact) mass is 354 g/mol. The summed E-state index contributed by atoms with van der Waals surface area (Å²) in [6, 6.07) is 8.32. The van der Waals surface area contributed by atoms with Crippen molar-refractivity contribution in [1.29, 1.82) is 0 Å². The quantitative estimate of drug-likeness (QED) is 0.680. The molecule has 0 radical (unpaired) electrons. The number of nitrogens with zero attached hydrogens (tertiary/aromatic N) is 2. The lowest BCUT2D eigenvalue weighted by Gasteiger charge is -2.10. The number of halogens is 3. The van der Waals surface area contributed by atoms with Crippen LogP contribution in [0.25, 0.3) is 21.3 Å². The Morgan fingerprint density at radius 2 is 1.96 bits per heavy atom. The molecule has 0 unspecified atom stereocenters. The van der Waals surface area contributed by atoms with Gasteiger partial charge in [0.2, 0.25) is 5.95 Å². The molecule has 0 saturated carbocycles. The third kappa shape index (κ3) is 3.25. The Morgan fingerprint density at radius 3 is 2.65 bits per heavy atom. The van der Waals surface area contributed by atoms with Gasteiger partial charge in [-0.1, -0.05) is 18.2 Å². The van der Waals surface area contributed by atoms with E-state index in [1.165, 1.54) is 11.3 Å². The number of fused-ring (bicyclic) bond motifs is 1. The van der Waals surface area contributed by atoms with E-state index in [0.29, 0.717) is 5.56 Å². The van der Waals surface area contributed by atoms with Crippen molar-refractivity contribution in [1.82, 2.24) is 9.97 Å². The zero-order valence-electron chi connectivity index (χ0n) is 11.4. The Morgan fingerprint density at radius 1 is 1.22 bits per heavy atom. The third-order valence-corrected chi connectivity index (χ3v) is 4.07. The van der Waals surface area contributed by atoms with Crippen LogP contribution in [0.1, 0.15) is 5.69 Å². The molecule has 1 aromatic carbocycles. The summed E-state index contributed by atoms with van der Waals surface area (Å²) in [6.45, 7) is 0. The Kier molecular flexibility index (Phi) is 3.90. The molecule has 0 aliphatic heterocycles. The molecular weight excluding hydrogens is 345 g/mol. The van der Waals surface area contributed by atoms with E-state index in [4.69, 9.17) is 5.73 Å². The highest BCUT2D eigenvalue weighted by atomic mass is 32.1. The minimum Gasteiger partial charge on any atom is -0.376 e. The molecule has 4 nitrogen and oxygen atoms in total. The summed E-state index contributed by atoms with van der Waals surface area (Å²) in [5.74, 6) is -0.280. The van der Waals surface area contributed by atoms with E-state index in [0.717, 1.165) is 16.2 Å². The van der Waals surface area contributed by atoms with Gasteiger partial charge >= 0.3 is 6.18 Å². The van der Waals surface area contributed by atoms with E-state index in [9.17, 15) is 13.2 Å². The number of anilines is 1. The number of nitrogens with two attached hydrogens (primary N) is 1. The van der Waals surface area contributed by atoms with Gasteiger partial charge in [-0.3, -0.25) is 0 Å². The summed E-state index contributed by atoms with van der Waals surface area (Å²) in [7, 11) is 0. The normalized spacial score (nSPS) is 11.6. The van der Waals surface area contributed by atoms with Crippen LogP contribution in [0, 0.1) is 0 Å². The highest BCUT2D eigenvalue weighted by Crippen LogP contribution is 2.36. The maximum atomic E-state index is 13.1. The van der Waals surface area contributed by atoms with E-state index in [1.54, 1.807) is 5.38 Å². The first-order valence-corrected chi connectivity index (χ1v) is 7.63. The summed E-state index contributed by atoms with van der Waals surface area (Å²) in [4.78, 5) is 7.52. The molecule has 0 aliphatic rings. The zero-order chi connectivity index (χ0) is 16.6. The van der Waals surface area contributed by atoms with Gasteiger partial charge in [0.25, 0.3) is 0 Å². The fourth-order valence-electron chi connectivity index (χ4n) is 2.07. The summed E-state index contributed by atoms with van der Waals surface area (Å²) in [5, 5.41) is 4.74. The first-order valence-electron chi connectivity index (χ1n) is 6.34. The Hall–Kier alpha value is -2.26. The molecule has 0 fully saturated rings. The van der Waals surface area contributed by atoms with Gasteiger partial charge < -0.3 is 11.1 Å². The molecule has 0 saturated heterocycles. The third-order valence-electron chi connectivity index (χ3n) is 3.01. The van der Waals surface area contributed by atoms with Gasteiger partial charge in [-0.15, -0.1) is 11.3 Å². The number of aromatic nitrogens is 2. The van der Waals surface area contributed by atoms with E-state index < -0.39 is 11.9 Å². The molecule has 0 bridgehead atoms. The van der Waals surface area contributed by atoms with Gasteiger partial charge in [-0.25, -0.2) is 9.97 Å². The molecule has 2 heterocycles. The number of nitrogens with one attached hydrogen (secondary N) is 1. The van der Waals surface area contributed by atoms with Gasteiger partial charge in [-0.2, -0.15) is 13.2 Å². The predicted molar refractivity (Wildman–Crippen MR) is 88.3 cm³/mol. The van der Waals surface area contributed by atoms with Crippen molar-refractivity contribution in [3.63, 3.8) is 0 Å². The number of thiocarbonyl (C=S) groups is 1. The van der Waals surface area contributed by atoms with Gasteiger partial charge in [0.05, 0.1) is 5.69 Å². The molecule has 23 heavy (non-hydrogen) atoms. The lowest BCUT2D eigenvalue weighted by molar-refractivity contribution is -0.141. The van der Waals surface area contributed by atoms with E-state index >= 15 is 0 Å². The molecule has 0 spiro atoms. The molecule has 0 amide bonds. The average Bonchev–Trinajstić information content (AvgIpc) is 2.89. The fraction of sp³-hybridized carbons (Fsp3) is 0.0714. The maximum Gasteiger partial charge on any atom is 0.433 e. The molecule has 9 heteroatoms. The van der Waals surface area contributed by atoms with Gasteiger partial charge in [0.1, 0.15) is 0 Å². The summed E-state index contributed by atoms with van der Waals surface area (Å²) in [6.07, 6.45) is -4.60. The van der Waals surface area contributed by atoms with Crippen molar-refractivity contribution in [2.75, 3.05) is 5.32 Å². The maximum absolute atomic E-state index is 13.1. The van der Waals surface area contributed by atoms with Crippen LogP contribution in [0.15, 0.2) is 35.7 Å². The second kappa shape index (κ2) is 5.74. The van der Waals surface area contributed by atoms with Crippen LogP contribution in [0.4, 0.5) is 19.1 Å². The van der Waals surface area contributed by atoms with Gasteiger partial charge in [0, 0.05) is 21.0 Å². The zero-order valence-corrected chi connectivity index (χ0v) is 13.0. The van der Waals surface area contributed by atoms with E-state index in [2.05, 4.69) is 27.5 Å². The van der Waals surface area contributed by atoms with Gasteiger partial charge in [0.15, 0.2) is 10.8 Å². The molecule has 3 rings (SSSR count). The van der Waals surface area contributed by atoms with Crippen molar-refractivity contribution in [2.24, 2.45) is 5.73 Å². The summed E-state index contributed by atoms with van der Waals surface area (Å²) in [5.41, 5.74) is 5.00. The summed E-state index contributed by atoms with van der Waals surface area (Å²) >= 11 is 6.07. The van der Waals surface area contributed by atoms with E-state index in [-0.39, 0.29) is 16.8 Å². The lowest BCUT2D eigenvalue weighted by atomic mass is 10.1. The smallest absolute Gasteiger partial charge is 0.376 e. The SMILES string of the molecule is NC(=S)Nc1nc(-c2csc3ccccc23)cc(C(F)(F)F)n1. The van der Waals surface area contributed by atoms with Crippen molar-refractivity contribution in [2.45, 2.75) is 6.18 Å². The second-order valence-corrected chi connectivity index (χ2v) is 5.95. The molecule has 2 aromatic heterocycles. The molecule has 0 atom stereocenters. The first-order chi connectivity index (χ1) is 10.8. The molecule has 118 valence electrons. The van der Waals surface area contributed by atoms with Crippen LogP contribution in [0.3, 0.4) is 0 Å². The fourth-order valence-corrected chi connectivity index (χ4v) is 3.12. The topological polar surface area (TPSA) is 63.8 Å². The van der Waals surface area contributed by atoms with Crippen LogP contribution in [0.5, 0.6) is 0 Å². The number of hydrogen-bond acceptors (Lipinski definition) is 4. The molecule has 0 aliphatic carbocycles. The Bertz CT molecular complexity index is 889. The average molecular weight is 354 g/mol. The standard InChI is InChI=1S/C14H9F3N4S2/c15-14(16,17)11-5-9(19-13(20-11)21-12(18)22)8-6-23-10-4-2-1-3-7(8)10/h1-6H,(H3,18,19,20,21,22). The number of alkyl halides is 3. The lowest BCUT2D eigenvalue weighted by Crippen LogP contribution is -2.22. The van der Waals surface area contributed by atoms with Crippen LogP contribution in [0.2, 0.25) is 0 Å². The molecular formula is C14H9F3N4S2. The molecule has 3 N–H and O–H groups in total. The second-order valence-electron chi connectivity index (χ2n) is 4.59. The molecule has 3 aromatic rings. The largest absolute Gasteiger partial charge is 0.433 e. The highest BCUT2D eigenvalue weighted by Gasteiger charge is 2.34. The van der Waals surface area contributed by atoms with Crippen LogP contribution >= 0.6 is 23.6 Å². The summed E-state index contributed by atoms with van der Waals surface area (Å²) < 4.78 is 40.1. The van der Waals surface area contributed by atoms with Crippen molar-refractivity contribution in [3.05, 3.63) is 41.4 Å². The number of benzene rings is 1. The Labute approximate surface area is 138 Å². The number of hydrogen-bond donors (Lipinski definition) is 2. The Balaban J connectivity index is 2.19. The van der Waals surface area contributed by atoms with Crippen molar-refractivity contribution in [3.8, 4) is 11.3 Å². The van der Waals surface area contributed by atoms with Crippen molar-refractivity contribution >= 4 is 44.7 Å². The number of rotatable bonds is 2. The van der Waals surface area contributed by atoms with Crippen LogP contribution in [-0.2, 0) is 6.18 Å². The van der Waals surface area contributed by atoms with Crippen molar-refractivity contribution < 1.29 is 13.2 Å².